The molecule has 2 aliphatic rings. The molecule has 5 nitrogen and oxygen atoms in total. The Labute approximate surface area is 137 Å². The Kier molecular flexibility index (Phi) is 4.13. The van der Waals surface area contributed by atoms with Crippen LogP contribution in [-0.4, -0.2) is 53.5 Å². The Hall–Kier alpha value is -0.470. The number of hydrogen-bond donors (Lipinski definition) is 0. The van der Waals surface area contributed by atoms with E-state index in [4.69, 9.17) is 0 Å². The third-order valence-electron chi connectivity index (χ3n) is 3.81. The summed E-state index contributed by atoms with van der Waals surface area (Å²) < 4.78 is 26.7. The number of rotatable bonds is 3. The van der Waals surface area contributed by atoms with Crippen LogP contribution >= 0.6 is 27.7 Å². The lowest BCUT2D eigenvalue weighted by molar-refractivity contribution is 0.0738. The maximum absolute atomic E-state index is 12.8. The maximum atomic E-state index is 12.8. The van der Waals surface area contributed by atoms with Crippen LogP contribution in [0.5, 0.6) is 0 Å². The van der Waals surface area contributed by atoms with Crippen molar-refractivity contribution in [1.29, 1.82) is 0 Å². The third kappa shape index (κ3) is 3.17. The average Bonchev–Trinajstić information content (AvgIpc) is 3.20. The molecule has 0 radical (unpaired) electrons. The monoisotopic (exact) mass is 392 g/mol. The lowest BCUT2D eigenvalue weighted by Crippen LogP contribution is -2.50. The van der Waals surface area contributed by atoms with E-state index >= 15 is 0 Å². The highest BCUT2D eigenvalue weighted by atomic mass is 79.9. The lowest BCUT2D eigenvalue weighted by Gasteiger charge is -2.34. The minimum atomic E-state index is -3.28. The van der Waals surface area contributed by atoms with Crippen molar-refractivity contribution >= 4 is 43.4 Å². The van der Waals surface area contributed by atoms with Gasteiger partial charge in [0.1, 0.15) is 11.1 Å². The highest BCUT2D eigenvalue weighted by Crippen LogP contribution is 2.38. The molecule has 21 heavy (non-hydrogen) atoms. The summed E-state index contributed by atoms with van der Waals surface area (Å²) in [4.78, 5) is 14.4. The molecule has 8 heteroatoms. The smallest absolute Gasteiger partial charge is 0.271 e. The maximum Gasteiger partial charge on any atom is 0.271 e. The van der Waals surface area contributed by atoms with E-state index in [-0.39, 0.29) is 5.91 Å². The SMILES string of the molecule is CS(=O)(=O)C1CSCCN1C(=O)c1cc(Br)cn1C1CC1. The third-order valence-corrected chi connectivity index (χ3v) is 6.89. The summed E-state index contributed by atoms with van der Waals surface area (Å²) in [5, 5.41) is -0.718. The molecular formula is C13H17BrN2O3S2. The Morgan fingerprint density at radius 3 is 2.76 bits per heavy atom. The van der Waals surface area contributed by atoms with Gasteiger partial charge in [-0.15, -0.1) is 0 Å². The standard InChI is InChI=1S/C13H17BrN2O3S2/c1-21(18,19)12-8-20-5-4-15(12)13(17)11-6-9(14)7-16(11)10-2-3-10/h6-7,10,12H,2-5,8H2,1H3. The first-order valence-corrected chi connectivity index (χ1v) is 10.7. The van der Waals surface area contributed by atoms with Crippen LogP contribution < -0.4 is 0 Å². The van der Waals surface area contributed by atoms with Gasteiger partial charge < -0.3 is 9.47 Å². The molecule has 0 bridgehead atoms. The summed E-state index contributed by atoms with van der Waals surface area (Å²) in [7, 11) is -3.28. The van der Waals surface area contributed by atoms with Crippen LogP contribution in [-0.2, 0) is 9.84 Å². The van der Waals surface area contributed by atoms with Crippen LogP contribution in [0, 0.1) is 0 Å². The molecule has 1 aromatic heterocycles. The van der Waals surface area contributed by atoms with Crippen molar-refractivity contribution in [2.45, 2.75) is 24.3 Å². The zero-order valence-electron chi connectivity index (χ0n) is 11.7. The minimum absolute atomic E-state index is 0.177. The van der Waals surface area contributed by atoms with E-state index in [1.165, 1.54) is 11.2 Å². The summed E-state index contributed by atoms with van der Waals surface area (Å²) in [5.74, 6) is 1.06. The number of carbonyl (C=O) groups is 1. The number of amides is 1. The highest BCUT2D eigenvalue weighted by Gasteiger charge is 2.37. The fraction of sp³-hybridized carbons (Fsp3) is 0.615. The molecule has 3 rings (SSSR count). The summed E-state index contributed by atoms with van der Waals surface area (Å²) >= 11 is 5.00. The van der Waals surface area contributed by atoms with E-state index in [9.17, 15) is 13.2 Å². The van der Waals surface area contributed by atoms with Crippen molar-refractivity contribution in [3.8, 4) is 0 Å². The Balaban J connectivity index is 1.93. The summed E-state index contributed by atoms with van der Waals surface area (Å²) in [5.41, 5.74) is 0.588. The van der Waals surface area contributed by atoms with Gasteiger partial charge in [0.25, 0.3) is 5.91 Å². The van der Waals surface area contributed by atoms with Crippen molar-refractivity contribution in [2.75, 3.05) is 24.3 Å². The van der Waals surface area contributed by atoms with Gasteiger partial charge in [-0.3, -0.25) is 4.79 Å². The topological polar surface area (TPSA) is 59.4 Å². The number of sulfone groups is 1. The molecular weight excluding hydrogens is 376 g/mol. The van der Waals surface area contributed by atoms with Crippen molar-refractivity contribution in [2.24, 2.45) is 0 Å². The van der Waals surface area contributed by atoms with Crippen molar-refractivity contribution < 1.29 is 13.2 Å². The average molecular weight is 393 g/mol. The Morgan fingerprint density at radius 1 is 1.43 bits per heavy atom. The molecule has 1 amide bonds. The number of hydrogen-bond acceptors (Lipinski definition) is 4. The Bertz CT molecular complexity index is 667. The fourth-order valence-corrected chi connectivity index (χ4v) is 5.84. The van der Waals surface area contributed by atoms with E-state index < -0.39 is 15.2 Å². The van der Waals surface area contributed by atoms with Gasteiger partial charge in [0.05, 0.1) is 0 Å². The number of carbonyl (C=O) groups excluding carboxylic acids is 1. The van der Waals surface area contributed by atoms with Crippen LogP contribution in [0.2, 0.25) is 0 Å². The summed E-state index contributed by atoms with van der Waals surface area (Å²) in [6.07, 6.45) is 5.28. The second-order valence-electron chi connectivity index (χ2n) is 5.54. The first-order valence-electron chi connectivity index (χ1n) is 6.83. The largest absolute Gasteiger partial charge is 0.339 e. The second-order valence-corrected chi connectivity index (χ2v) is 9.81. The molecule has 2 heterocycles. The van der Waals surface area contributed by atoms with Crippen molar-refractivity contribution in [1.82, 2.24) is 9.47 Å². The van der Waals surface area contributed by atoms with Crippen molar-refractivity contribution in [3.05, 3.63) is 22.4 Å². The molecule has 1 atom stereocenters. The number of thioether (sulfide) groups is 1. The van der Waals surface area contributed by atoms with Crippen LogP contribution in [0.4, 0.5) is 0 Å². The van der Waals surface area contributed by atoms with E-state index in [2.05, 4.69) is 15.9 Å². The minimum Gasteiger partial charge on any atom is -0.339 e. The molecule has 116 valence electrons. The van der Waals surface area contributed by atoms with E-state index in [0.717, 1.165) is 23.1 Å². The highest BCUT2D eigenvalue weighted by molar-refractivity contribution is 9.10. The van der Waals surface area contributed by atoms with Gasteiger partial charge in [0.2, 0.25) is 0 Å². The molecule has 0 aromatic carbocycles. The molecule has 0 N–H and O–H groups in total. The molecule has 1 saturated carbocycles. The summed E-state index contributed by atoms with van der Waals surface area (Å²) in [6, 6.07) is 2.17. The first-order chi connectivity index (χ1) is 9.88. The molecule has 1 aliphatic carbocycles. The normalized spacial score (nSPS) is 23.3. The predicted octanol–water partition coefficient (Wildman–Crippen LogP) is 2.15. The van der Waals surface area contributed by atoms with Gasteiger partial charge in [0, 0.05) is 41.0 Å². The van der Waals surface area contributed by atoms with Crippen LogP contribution in [0.25, 0.3) is 0 Å². The summed E-state index contributed by atoms with van der Waals surface area (Å²) in [6.45, 7) is 0.481. The second kappa shape index (κ2) is 5.62. The van der Waals surface area contributed by atoms with Gasteiger partial charge >= 0.3 is 0 Å². The van der Waals surface area contributed by atoms with Gasteiger partial charge in [-0.05, 0) is 34.8 Å². The van der Waals surface area contributed by atoms with Crippen LogP contribution in [0.3, 0.4) is 0 Å². The molecule has 1 saturated heterocycles. The number of nitrogens with zero attached hydrogens (tertiary/aromatic N) is 2. The molecule has 2 fully saturated rings. The van der Waals surface area contributed by atoms with Crippen LogP contribution in [0.15, 0.2) is 16.7 Å². The molecule has 1 aromatic rings. The quantitative estimate of drug-likeness (QED) is 0.790. The lowest BCUT2D eigenvalue weighted by atomic mass is 10.3. The zero-order chi connectivity index (χ0) is 15.2. The van der Waals surface area contributed by atoms with E-state index in [1.807, 2.05) is 10.8 Å². The van der Waals surface area contributed by atoms with Crippen LogP contribution in [0.1, 0.15) is 29.4 Å². The molecule has 0 spiro atoms. The number of aromatic nitrogens is 1. The van der Waals surface area contributed by atoms with Gasteiger partial charge in [-0.25, -0.2) is 8.42 Å². The molecule has 1 unspecified atom stereocenters. The van der Waals surface area contributed by atoms with Gasteiger partial charge in [-0.1, -0.05) is 0 Å². The number of halogens is 1. The predicted molar refractivity (Wildman–Crippen MR) is 87.4 cm³/mol. The first kappa shape index (κ1) is 15.4. The van der Waals surface area contributed by atoms with Gasteiger partial charge in [0.15, 0.2) is 9.84 Å². The zero-order valence-corrected chi connectivity index (χ0v) is 14.9. The van der Waals surface area contributed by atoms with E-state index in [0.29, 0.717) is 24.0 Å². The van der Waals surface area contributed by atoms with Gasteiger partial charge in [-0.2, -0.15) is 11.8 Å². The Morgan fingerprint density at radius 2 is 2.14 bits per heavy atom. The fourth-order valence-electron chi connectivity index (χ4n) is 2.59. The van der Waals surface area contributed by atoms with E-state index in [1.54, 1.807) is 17.8 Å². The van der Waals surface area contributed by atoms with Crippen molar-refractivity contribution in [3.63, 3.8) is 0 Å². The molecule has 1 aliphatic heterocycles.